The predicted molar refractivity (Wildman–Crippen MR) is 86.6 cm³/mol. The van der Waals surface area contributed by atoms with Crippen LogP contribution in [0.25, 0.3) is 0 Å². The number of benzene rings is 1. The van der Waals surface area contributed by atoms with E-state index in [2.05, 4.69) is 15.2 Å². The van der Waals surface area contributed by atoms with Crippen molar-refractivity contribution in [2.45, 2.75) is 6.04 Å². The second-order valence-corrected chi connectivity index (χ2v) is 5.54. The van der Waals surface area contributed by atoms with Crippen LogP contribution in [0.4, 0.5) is 4.39 Å². The smallest absolute Gasteiger partial charge is 0.193 e. The first-order valence-electron chi connectivity index (χ1n) is 7.57. The molecule has 1 aliphatic heterocycles. The quantitative estimate of drug-likeness (QED) is 0.673. The average molecular weight is 308 g/mol. The summed E-state index contributed by atoms with van der Waals surface area (Å²) in [4.78, 5) is 8.55. The lowest BCUT2D eigenvalue weighted by Gasteiger charge is -2.35. The molecule has 0 unspecified atom stereocenters. The van der Waals surface area contributed by atoms with Gasteiger partial charge in [0, 0.05) is 40.8 Å². The number of guanidine groups is 1. The number of hydrogen-bond acceptors (Lipinski definition) is 3. The van der Waals surface area contributed by atoms with Crippen LogP contribution >= 0.6 is 0 Å². The molecule has 1 fully saturated rings. The highest BCUT2D eigenvalue weighted by Crippen LogP contribution is 2.21. The van der Waals surface area contributed by atoms with Gasteiger partial charge in [-0.1, -0.05) is 12.1 Å². The molecule has 22 heavy (non-hydrogen) atoms. The molecule has 6 heteroatoms. The Labute approximate surface area is 131 Å². The highest BCUT2D eigenvalue weighted by molar-refractivity contribution is 5.79. The van der Waals surface area contributed by atoms with Gasteiger partial charge in [-0.2, -0.15) is 0 Å². The fraction of sp³-hybridized carbons (Fsp3) is 0.562. The van der Waals surface area contributed by atoms with Crippen molar-refractivity contribution in [1.29, 1.82) is 0 Å². The molecule has 0 aliphatic carbocycles. The van der Waals surface area contributed by atoms with Gasteiger partial charge in [-0.15, -0.1) is 0 Å². The van der Waals surface area contributed by atoms with Gasteiger partial charge in [-0.25, -0.2) is 4.39 Å². The molecule has 0 saturated carbocycles. The molecule has 1 heterocycles. The number of rotatable bonds is 4. The Bertz CT molecular complexity index is 483. The molecule has 122 valence electrons. The van der Waals surface area contributed by atoms with E-state index in [0.29, 0.717) is 0 Å². The number of morpholine rings is 1. The zero-order valence-corrected chi connectivity index (χ0v) is 13.6. The summed E-state index contributed by atoms with van der Waals surface area (Å²) in [7, 11) is 5.68. The Kier molecular flexibility index (Phi) is 6.15. The standard InChI is InChI=1S/C16H25FN4O/c1-18-16(20(2)3)19-12-15(21-8-10-22-11-9-21)13-4-6-14(17)7-5-13/h4-7,15H,8-12H2,1-3H3,(H,18,19)/t15-/m0/s1. The van der Waals surface area contributed by atoms with Crippen LogP contribution in [0.1, 0.15) is 11.6 Å². The van der Waals surface area contributed by atoms with E-state index < -0.39 is 0 Å². The molecule has 0 amide bonds. The number of nitrogens with one attached hydrogen (secondary N) is 1. The Balaban J connectivity index is 2.12. The third kappa shape index (κ3) is 4.42. The van der Waals surface area contributed by atoms with Gasteiger partial charge in [-0.3, -0.25) is 9.89 Å². The number of nitrogens with zero attached hydrogens (tertiary/aromatic N) is 3. The molecule has 0 radical (unpaired) electrons. The first-order valence-corrected chi connectivity index (χ1v) is 7.57. The van der Waals surface area contributed by atoms with E-state index in [0.717, 1.165) is 44.4 Å². The summed E-state index contributed by atoms with van der Waals surface area (Å²) in [5.74, 6) is 0.627. The second-order valence-electron chi connectivity index (χ2n) is 5.54. The number of hydrogen-bond donors (Lipinski definition) is 1. The van der Waals surface area contributed by atoms with Gasteiger partial charge < -0.3 is 15.0 Å². The lowest BCUT2D eigenvalue weighted by atomic mass is 10.0. The lowest BCUT2D eigenvalue weighted by Crippen LogP contribution is -2.46. The summed E-state index contributed by atoms with van der Waals surface area (Å²) >= 11 is 0. The van der Waals surface area contributed by atoms with E-state index in [1.54, 1.807) is 7.05 Å². The SMILES string of the molecule is CN=C(NC[C@@H](c1ccc(F)cc1)N1CCOCC1)N(C)C. The Morgan fingerprint density at radius 3 is 2.50 bits per heavy atom. The average Bonchev–Trinajstić information content (AvgIpc) is 2.53. The van der Waals surface area contributed by atoms with Gasteiger partial charge in [0.15, 0.2) is 5.96 Å². The van der Waals surface area contributed by atoms with Gasteiger partial charge in [0.25, 0.3) is 0 Å². The van der Waals surface area contributed by atoms with Gasteiger partial charge in [0.2, 0.25) is 0 Å². The van der Waals surface area contributed by atoms with Gasteiger partial charge in [0.1, 0.15) is 5.82 Å². The summed E-state index contributed by atoms with van der Waals surface area (Å²) in [5, 5.41) is 3.38. The van der Waals surface area contributed by atoms with Crippen LogP contribution in [0.2, 0.25) is 0 Å². The van der Waals surface area contributed by atoms with Crippen LogP contribution < -0.4 is 5.32 Å². The van der Waals surface area contributed by atoms with Gasteiger partial charge in [0.05, 0.1) is 19.3 Å². The molecule has 0 spiro atoms. The van der Waals surface area contributed by atoms with Crippen molar-refractivity contribution < 1.29 is 9.13 Å². The van der Waals surface area contributed by atoms with Crippen LogP contribution in [0.3, 0.4) is 0 Å². The number of ether oxygens (including phenoxy) is 1. The summed E-state index contributed by atoms with van der Waals surface area (Å²) < 4.78 is 18.6. The molecule has 0 bridgehead atoms. The zero-order chi connectivity index (χ0) is 15.9. The first kappa shape index (κ1) is 16.7. The number of halogens is 1. The van der Waals surface area contributed by atoms with Gasteiger partial charge >= 0.3 is 0 Å². The minimum atomic E-state index is -0.207. The summed E-state index contributed by atoms with van der Waals surface area (Å²) in [6.45, 7) is 3.95. The Hall–Kier alpha value is -1.66. The lowest BCUT2D eigenvalue weighted by molar-refractivity contribution is 0.0169. The monoisotopic (exact) mass is 308 g/mol. The molecule has 0 aromatic heterocycles. The highest BCUT2D eigenvalue weighted by Gasteiger charge is 2.23. The largest absolute Gasteiger partial charge is 0.379 e. The molecule has 1 aromatic rings. The van der Waals surface area contributed by atoms with Crippen LogP contribution in [0.5, 0.6) is 0 Å². The molecule has 1 aromatic carbocycles. The number of aliphatic imine (C=N–C) groups is 1. The maximum absolute atomic E-state index is 13.2. The molecular weight excluding hydrogens is 283 g/mol. The van der Waals surface area contributed by atoms with Crippen molar-refractivity contribution in [3.63, 3.8) is 0 Å². The van der Waals surface area contributed by atoms with Gasteiger partial charge in [-0.05, 0) is 17.7 Å². The summed E-state index contributed by atoms with van der Waals surface area (Å²) in [5.41, 5.74) is 1.10. The fourth-order valence-electron chi connectivity index (χ4n) is 2.66. The zero-order valence-electron chi connectivity index (χ0n) is 13.6. The van der Waals surface area contributed by atoms with Crippen molar-refractivity contribution in [1.82, 2.24) is 15.1 Å². The second kappa shape index (κ2) is 8.10. The molecule has 5 nitrogen and oxygen atoms in total. The molecule has 1 N–H and O–H groups in total. The van der Waals surface area contributed by atoms with E-state index in [4.69, 9.17) is 4.74 Å². The fourth-order valence-corrected chi connectivity index (χ4v) is 2.66. The minimum absolute atomic E-state index is 0.168. The molecule has 1 atom stereocenters. The summed E-state index contributed by atoms with van der Waals surface area (Å²) in [6.07, 6.45) is 0. The molecule has 1 saturated heterocycles. The third-order valence-corrected chi connectivity index (χ3v) is 3.83. The van der Waals surface area contributed by atoms with Crippen molar-refractivity contribution in [2.75, 3.05) is 54.0 Å². The normalized spacial score (nSPS) is 18.1. The first-order chi connectivity index (χ1) is 10.6. The van der Waals surface area contributed by atoms with Crippen LogP contribution in [-0.4, -0.2) is 69.8 Å². The van der Waals surface area contributed by atoms with Crippen molar-refractivity contribution in [2.24, 2.45) is 4.99 Å². The Morgan fingerprint density at radius 1 is 1.32 bits per heavy atom. The van der Waals surface area contributed by atoms with Crippen molar-refractivity contribution in [3.05, 3.63) is 35.6 Å². The molecular formula is C16H25FN4O. The highest BCUT2D eigenvalue weighted by atomic mass is 19.1. The van der Waals surface area contributed by atoms with Crippen LogP contribution in [0.15, 0.2) is 29.3 Å². The van der Waals surface area contributed by atoms with E-state index >= 15 is 0 Å². The van der Waals surface area contributed by atoms with Crippen molar-refractivity contribution >= 4 is 5.96 Å². The van der Waals surface area contributed by atoms with Crippen LogP contribution in [0, 0.1) is 5.82 Å². The van der Waals surface area contributed by atoms with E-state index in [9.17, 15) is 4.39 Å². The van der Waals surface area contributed by atoms with E-state index in [-0.39, 0.29) is 11.9 Å². The Morgan fingerprint density at radius 2 is 1.95 bits per heavy atom. The summed E-state index contributed by atoms with van der Waals surface area (Å²) in [6, 6.07) is 6.92. The third-order valence-electron chi connectivity index (χ3n) is 3.83. The topological polar surface area (TPSA) is 40.1 Å². The molecule has 2 rings (SSSR count). The molecule has 1 aliphatic rings. The van der Waals surface area contributed by atoms with E-state index in [1.165, 1.54) is 12.1 Å². The minimum Gasteiger partial charge on any atom is -0.379 e. The van der Waals surface area contributed by atoms with Crippen LogP contribution in [-0.2, 0) is 4.74 Å². The maximum Gasteiger partial charge on any atom is 0.193 e. The van der Waals surface area contributed by atoms with E-state index in [1.807, 2.05) is 31.1 Å². The predicted octanol–water partition coefficient (Wildman–Crippen LogP) is 1.34. The van der Waals surface area contributed by atoms with Crippen molar-refractivity contribution in [3.8, 4) is 0 Å². The maximum atomic E-state index is 13.2.